The predicted octanol–water partition coefficient (Wildman–Crippen LogP) is 5.80. The number of nitriles is 1. The van der Waals surface area contributed by atoms with Gasteiger partial charge in [0.2, 0.25) is 3.79 Å². The molecule has 1 aliphatic carbocycles. The molecule has 1 atom stereocenters. The largest absolute Gasteiger partial charge is 0.352 e. The standard InChI is InChI=1S/C18H15BrCl3N3OS/c19-11-7-5-10(6-8-11)15(26)24-17(18(20,21)22)25-16-13(9-23)12-3-1-2-4-14(12)27-16/h5-8,17,25H,1-4H2,(H,24,26)/t17-/m1/s1. The van der Waals surface area contributed by atoms with E-state index in [9.17, 15) is 10.1 Å². The van der Waals surface area contributed by atoms with Crippen molar-refractivity contribution < 1.29 is 4.79 Å². The zero-order valence-corrected chi connectivity index (χ0v) is 18.7. The number of hydrogen-bond acceptors (Lipinski definition) is 4. The molecule has 2 aromatic rings. The molecule has 0 saturated heterocycles. The molecule has 1 aliphatic rings. The number of amides is 1. The van der Waals surface area contributed by atoms with Crippen molar-refractivity contribution in [2.24, 2.45) is 0 Å². The lowest BCUT2D eigenvalue weighted by atomic mass is 9.96. The predicted molar refractivity (Wildman–Crippen MR) is 115 cm³/mol. The highest BCUT2D eigenvalue weighted by Crippen LogP contribution is 2.40. The average Bonchev–Trinajstić information content (AvgIpc) is 2.98. The number of carbonyl (C=O) groups excluding carboxylic acids is 1. The lowest BCUT2D eigenvalue weighted by molar-refractivity contribution is 0.0942. The summed E-state index contributed by atoms with van der Waals surface area (Å²) in [6.07, 6.45) is 2.99. The molecule has 0 aliphatic heterocycles. The van der Waals surface area contributed by atoms with Gasteiger partial charge in [-0.1, -0.05) is 50.7 Å². The van der Waals surface area contributed by atoms with E-state index >= 15 is 0 Å². The van der Waals surface area contributed by atoms with Gasteiger partial charge in [0.25, 0.3) is 5.91 Å². The topological polar surface area (TPSA) is 64.9 Å². The Labute approximate surface area is 184 Å². The van der Waals surface area contributed by atoms with Crippen LogP contribution in [0.2, 0.25) is 0 Å². The van der Waals surface area contributed by atoms with Crippen molar-refractivity contribution in [3.05, 3.63) is 50.3 Å². The first-order chi connectivity index (χ1) is 12.8. The second-order valence-electron chi connectivity index (χ2n) is 6.13. The smallest absolute Gasteiger partial charge is 0.252 e. The molecule has 0 bridgehead atoms. The monoisotopic (exact) mass is 505 g/mol. The number of nitrogens with one attached hydrogen (secondary N) is 2. The van der Waals surface area contributed by atoms with Gasteiger partial charge in [-0.3, -0.25) is 4.79 Å². The summed E-state index contributed by atoms with van der Waals surface area (Å²) in [7, 11) is 0. The van der Waals surface area contributed by atoms with Crippen molar-refractivity contribution in [2.75, 3.05) is 5.32 Å². The summed E-state index contributed by atoms with van der Waals surface area (Å²) < 4.78 is -0.944. The maximum Gasteiger partial charge on any atom is 0.252 e. The molecule has 4 nitrogen and oxygen atoms in total. The van der Waals surface area contributed by atoms with Gasteiger partial charge in [-0.25, -0.2) is 0 Å². The zero-order valence-electron chi connectivity index (χ0n) is 14.0. The minimum Gasteiger partial charge on any atom is -0.352 e. The molecule has 0 unspecified atom stereocenters. The van der Waals surface area contributed by atoms with Crippen molar-refractivity contribution in [1.29, 1.82) is 5.26 Å². The van der Waals surface area contributed by atoms with E-state index in [0.29, 0.717) is 16.1 Å². The third-order valence-electron chi connectivity index (χ3n) is 4.27. The van der Waals surface area contributed by atoms with E-state index in [1.165, 1.54) is 16.2 Å². The third kappa shape index (κ3) is 4.90. The van der Waals surface area contributed by atoms with Crippen LogP contribution < -0.4 is 10.6 Å². The highest BCUT2D eigenvalue weighted by atomic mass is 79.9. The van der Waals surface area contributed by atoms with E-state index in [0.717, 1.165) is 35.7 Å². The van der Waals surface area contributed by atoms with E-state index in [1.807, 2.05) is 0 Å². The number of anilines is 1. The van der Waals surface area contributed by atoms with Crippen molar-refractivity contribution in [3.8, 4) is 6.07 Å². The van der Waals surface area contributed by atoms with Crippen molar-refractivity contribution in [3.63, 3.8) is 0 Å². The Bertz CT molecular complexity index is 887. The first-order valence-electron chi connectivity index (χ1n) is 8.24. The van der Waals surface area contributed by atoms with Gasteiger partial charge in [0.05, 0.1) is 5.56 Å². The molecule has 1 aromatic carbocycles. The second-order valence-corrected chi connectivity index (χ2v) is 10.5. The molecule has 1 aromatic heterocycles. The van der Waals surface area contributed by atoms with E-state index in [1.54, 1.807) is 24.3 Å². The Hall–Kier alpha value is -0.970. The second kappa shape index (κ2) is 8.59. The van der Waals surface area contributed by atoms with Gasteiger partial charge >= 0.3 is 0 Å². The molecular formula is C18H15BrCl3N3OS. The molecule has 3 rings (SSSR count). The maximum atomic E-state index is 12.5. The van der Waals surface area contributed by atoms with E-state index in [-0.39, 0.29) is 5.91 Å². The van der Waals surface area contributed by atoms with Gasteiger partial charge in [-0.2, -0.15) is 5.26 Å². The minimum atomic E-state index is -1.80. The van der Waals surface area contributed by atoms with Crippen LogP contribution >= 0.6 is 62.1 Å². The molecule has 0 radical (unpaired) electrons. The summed E-state index contributed by atoms with van der Waals surface area (Å²) in [4.78, 5) is 13.7. The Kier molecular flexibility index (Phi) is 6.60. The van der Waals surface area contributed by atoms with Crippen LogP contribution in [0.5, 0.6) is 0 Å². The van der Waals surface area contributed by atoms with Gasteiger partial charge in [0, 0.05) is 14.9 Å². The Morgan fingerprint density at radius 2 is 1.89 bits per heavy atom. The Balaban J connectivity index is 1.84. The van der Waals surface area contributed by atoms with Gasteiger partial charge in [0.1, 0.15) is 17.2 Å². The molecule has 27 heavy (non-hydrogen) atoms. The molecule has 1 amide bonds. The van der Waals surface area contributed by atoms with Crippen LogP contribution in [0.15, 0.2) is 28.7 Å². The number of hydrogen-bond donors (Lipinski definition) is 2. The van der Waals surface area contributed by atoms with Gasteiger partial charge in [0.15, 0.2) is 0 Å². The Morgan fingerprint density at radius 3 is 2.52 bits per heavy atom. The van der Waals surface area contributed by atoms with Crippen molar-refractivity contribution >= 4 is 73.0 Å². The summed E-state index contributed by atoms with van der Waals surface area (Å²) in [5.41, 5.74) is 2.08. The number of carbonyl (C=O) groups is 1. The highest BCUT2D eigenvalue weighted by molar-refractivity contribution is 9.10. The van der Waals surface area contributed by atoms with E-state index in [2.05, 4.69) is 32.6 Å². The van der Waals surface area contributed by atoms with Gasteiger partial charge in [-0.15, -0.1) is 11.3 Å². The Morgan fingerprint density at radius 1 is 1.22 bits per heavy atom. The molecule has 0 saturated carbocycles. The van der Waals surface area contributed by atoms with Crippen LogP contribution in [0, 0.1) is 11.3 Å². The lowest BCUT2D eigenvalue weighted by Crippen LogP contribution is -2.49. The summed E-state index contributed by atoms with van der Waals surface area (Å²) >= 11 is 23.1. The third-order valence-corrected chi connectivity index (χ3v) is 6.67. The normalized spacial score (nSPS) is 14.8. The fraction of sp³-hybridized carbons (Fsp3) is 0.333. The van der Waals surface area contributed by atoms with Crippen LogP contribution in [0.4, 0.5) is 5.00 Å². The number of nitrogens with zero attached hydrogens (tertiary/aromatic N) is 1. The fourth-order valence-electron chi connectivity index (χ4n) is 2.93. The van der Waals surface area contributed by atoms with Gasteiger partial charge in [-0.05, 0) is 55.5 Å². The van der Waals surface area contributed by atoms with E-state index in [4.69, 9.17) is 34.8 Å². The summed E-state index contributed by atoms with van der Waals surface area (Å²) in [5, 5.41) is 16.0. The summed E-state index contributed by atoms with van der Waals surface area (Å²) in [6, 6.07) is 9.10. The molecule has 2 N–H and O–H groups in total. The van der Waals surface area contributed by atoms with Crippen molar-refractivity contribution in [1.82, 2.24) is 5.32 Å². The van der Waals surface area contributed by atoms with Crippen LogP contribution in [0.1, 0.15) is 39.2 Å². The number of rotatable bonds is 4. The quantitative estimate of drug-likeness (QED) is 0.406. The summed E-state index contributed by atoms with van der Waals surface area (Å²) in [6.45, 7) is 0. The van der Waals surface area contributed by atoms with Crippen LogP contribution in [0.25, 0.3) is 0 Å². The minimum absolute atomic E-state index is 0.383. The van der Waals surface area contributed by atoms with Crippen LogP contribution in [-0.4, -0.2) is 15.9 Å². The van der Waals surface area contributed by atoms with Crippen molar-refractivity contribution in [2.45, 2.75) is 35.6 Å². The first kappa shape index (κ1) is 20.8. The molecule has 9 heteroatoms. The maximum absolute atomic E-state index is 12.5. The number of aryl methyl sites for hydroxylation is 1. The number of benzene rings is 1. The number of halogens is 4. The molecule has 0 spiro atoms. The van der Waals surface area contributed by atoms with E-state index < -0.39 is 9.96 Å². The first-order valence-corrected chi connectivity index (χ1v) is 11.0. The number of fused-ring (bicyclic) bond motifs is 1. The molecule has 142 valence electrons. The SMILES string of the molecule is N#Cc1c(N[C@@H](NC(=O)c2ccc(Br)cc2)C(Cl)(Cl)Cl)sc2c1CCCC2. The van der Waals surface area contributed by atoms with Crippen LogP contribution in [-0.2, 0) is 12.8 Å². The molecular weight excluding hydrogens is 493 g/mol. The van der Waals surface area contributed by atoms with Crippen LogP contribution in [0.3, 0.4) is 0 Å². The summed E-state index contributed by atoms with van der Waals surface area (Å²) in [5.74, 6) is -0.383. The average molecular weight is 508 g/mol. The molecule has 0 fully saturated rings. The zero-order chi connectivity index (χ0) is 19.6. The number of alkyl halides is 3. The lowest BCUT2D eigenvalue weighted by Gasteiger charge is -2.27. The number of thiophene rings is 1. The fourth-order valence-corrected chi connectivity index (χ4v) is 4.79. The molecule has 1 heterocycles. The van der Waals surface area contributed by atoms with Gasteiger partial charge < -0.3 is 10.6 Å². The highest BCUT2D eigenvalue weighted by Gasteiger charge is 2.36.